The van der Waals surface area contributed by atoms with Crippen molar-refractivity contribution < 1.29 is 12.8 Å². The van der Waals surface area contributed by atoms with Gasteiger partial charge in [-0.05, 0) is 41.9 Å². The maximum absolute atomic E-state index is 13.2. The predicted octanol–water partition coefficient (Wildman–Crippen LogP) is 3.38. The number of hydrogen-bond acceptors (Lipinski definition) is 3. The minimum Gasteiger partial charge on any atom is -0.280 e. The zero-order valence-corrected chi connectivity index (χ0v) is 13.6. The zero-order chi connectivity index (χ0) is 15.1. The molecule has 2 rings (SSSR count). The van der Waals surface area contributed by atoms with E-state index in [1.165, 1.54) is 0 Å². The number of halogens is 3. The largest absolute Gasteiger partial charge is 0.280 e. The maximum Gasteiger partial charge on any atom is 0.264 e. The van der Waals surface area contributed by atoms with Crippen LogP contribution in [-0.4, -0.2) is 18.6 Å². The van der Waals surface area contributed by atoms with Crippen LogP contribution >= 0.6 is 27.5 Å². The number of hydrogen-bond donors (Lipinski definition) is 2. The van der Waals surface area contributed by atoms with Crippen LogP contribution in [0.25, 0.3) is 0 Å². The zero-order valence-electron chi connectivity index (χ0n) is 10.5. The van der Waals surface area contributed by atoms with Gasteiger partial charge in [0, 0.05) is 4.47 Å². The van der Waals surface area contributed by atoms with Gasteiger partial charge in [-0.3, -0.25) is 9.82 Å². The number of anilines is 1. The molecule has 0 aliphatic rings. The lowest BCUT2D eigenvalue weighted by atomic mass is 10.3. The maximum atomic E-state index is 13.2. The van der Waals surface area contributed by atoms with E-state index in [-0.39, 0.29) is 14.4 Å². The third-order valence-corrected chi connectivity index (χ3v) is 5.34. The van der Waals surface area contributed by atoms with E-state index in [0.717, 1.165) is 12.1 Å². The van der Waals surface area contributed by atoms with Gasteiger partial charge in [-0.25, -0.2) is 12.8 Å². The van der Waals surface area contributed by atoms with E-state index in [0.29, 0.717) is 17.1 Å². The number of sulfonamides is 1. The van der Waals surface area contributed by atoms with Gasteiger partial charge in [0.15, 0.2) is 0 Å². The summed E-state index contributed by atoms with van der Waals surface area (Å²) in [5, 5.41) is 6.36. The van der Waals surface area contributed by atoms with E-state index >= 15 is 0 Å². The molecule has 0 atom stereocenters. The third kappa shape index (κ3) is 2.82. The lowest BCUT2D eigenvalue weighted by molar-refractivity contribution is 0.599. The molecule has 20 heavy (non-hydrogen) atoms. The van der Waals surface area contributed by atoms with Gasteiger partial charge in [0.25, 0.3) is 10.0 Å². The number of aromatic amines is 1. The Morgan fingerprint density at radius 3 is 2.55 bits per heavy atom. The Morgan fingerprint density at radius 1 is 1.40 bits per heavy atom. The average Bonchev–Trinajstić information content (AvgIpc) is 2.58. The van der Waals surface area contributed by atoms with Crippen LogP contribution < -0.4 is 4.72 Å². The van der Waals surface area contributed by atoms with Crippen molar-refractivity contribution in [3.8, 4) is 0 Å². The molecule has 0 amide bonds. The summed E-state index contributed by atoms with van der Waals surface area (Å²) >= 11 is 8.83. The van der Waals surface area contributed by atoms with Crippen molar-refractivity contribution in [2.75, 3.05) is 4.72 Å². The summed E-state index contributed by atoms with van der Waals surface area (Å²) in [5.41, 5.74) is 1.41. The van der Waals surface area contributed by atoms with Gasteiger partial charge in [-0.2, -0.15) is 5.10 Å². The molecule has 0 fully saturated rings. The molecular weight excluding hydrogens is 373 g/mol. The molecule has 0 unspecified atom stereocenters. The van der Waals surface area contributed by atoms with Crippen molar-refractivity contribution in [3.63, 3.8) is 0 Å². The lowest BCUT2D eigenvalue weighted by Gasteiger charge is -2.11. The van der Waals surface area contributed by atoms with Crippen LogP contribution in [0.5, 0.6) is 0 Å². The van der Waals surface area contributed by atoms with E-state index in [1.807, 2.05) is 0 Å². The van der Waals surface area contributed by atoms with Crippen molar-refractivity contribution in [3.05, 3.63) is 38.8 Å². The van der Waals surface area contributed by atoms with E-state index < -0.39 is 15.8 Å². The Kier molecular flexibility index (Phi) is 4.08. The molecule has 1 heterocycles. The topological polar surface area (TPSA) is 74.8 Å². The highest BCUT2D eigenvalue weighted by Crippen LogP contribution is 2.32. The fraction of sp³-hybridized carbons (Fsp3) is 0.182. The minimum absolute atomic E-state index is 0.0498. The summed E-state index contributed by atoms with van der Waals surface area (Å²) in [5.74, 6) is -0.628. The Bertz CT molecular complexity index is 733. The number of nitrogens with one attached hydrogen (secondary N) is 2. The fourth-order valence-corrected chi connectivity index (χ4v) is 4.67. The quantitative estimate of drug-likeness (QED) is 0.854. The first-order valence-corrected chi connectivity index (χ1v) is 8.06. The molecule has 0 aliphatic carbocycles. The van der Waals surface area contributed by atoms with Crippen LogP contribution in [-0.2, 0) is 10.0 Å². The first-order valence-electron chi connectivity index (χ1n) is 5.41. The molecular formula is C11H10BrClFN3O2S. The molecule has 0 saturated heterocycles. The number of aryl methyl sites for hydroxylation is 2. The Hall–Kier alpha value is -1.12. The van der Waals surface area contributed by atoms with Crippen LogP contribution in [0.3, 0.4) is 0 Å². The van der Waals surface area contributed by atoms with Gasteiger partial charge in [0.05, 0.1) is 22.1 Å². The Labute approximate surface area is 128 Å². The molecule has 1 aromatic carbocycles. The van der Waals surface area contributed by atoms with Gasteiger partial charge in [-0.15, -0.1) is 0 Å². The Morgan fingerprint density at radius 2 is 2.05 bits per heavy atom. The summed E-state index contributed by atoms with van der Waals surface area (Å²) in [6.45, 7) is 3.34. The average molecular weight is 383 g/mol. The van der Waals surface area contributed by atoms with Crippen LogP contribution in [0.4, 0.5) is 10.1 Å². The molecule has 0 radical (unpaired) electrons. The van der Waals surface area contributed by atoms with E-state index in [9.17, 15) is 12.8 Å². The molecule has 108 valence electrons. The second kappa shape index (κ2) is 5.34. The number of nitrogens with zero attached hydrogens (tertiary/aromatic N) is 1. The van der Waals surface area contributed by atoms with Gasteiger partial charge >= 0.3 is 0 Å². The summed E-state index contributed by atoms with van der Waals surface area (Å²) in [6, 6.07) is 1.98. The molecule has 0 aliphatic heterocycles. The minimum atomic E-state index is -3.96. The van der Waals surface area contributed by atoms with Crippen LogP contribution in [0.2, 0.25) is 5.02 Å². The number of benzene rings is 1. The van der Waals surface area contributed by atoms with Crippen LogP contribution in [0.1, 0.15) is 11.4 Å². The van der Waals surface area contributed by atoms with Crippen molar-refractivity contribution in [1.82, 2.24) is 10.2 Å². The summed E-state index contributed by atoms with van der Waals surface area (Å²) in [4.78, 5) is -0.222. The van der Waals surface area contributed by atoms with E-state index in [2.05, 4.69) is 30.8 Å². The first-order chi connectivity index (χ1) is 9.22. The second-order valence-corrected chi connectivity index (χ2v) is 6.99. The van der Waals surface area contributed by atoms with Crippen molar-refractivity contribution in [1.29, 1.82) is 0 Å². The van der Waals surface area contributed by atoms with Gasteiger partial charge in [0.2, 0.25) is 0 Å². The Balaban J connectivity index is 2.52. The van der Waals surface area contributed by atoms with Crippen LogP contribution in [0.15, 0.2) is 21.5 Å². The number of H-pyrrole nitrogens is 1. The highest BCUT2D eigenvalue weighted by Gasteiger charge is 2.24. The molecule has 0 saturated carbocycles. The fourth-order valence-electron chi connectivity index (χ4n) is 1.67. The van der Waals surface area contributed by atoms with Crippen LogP contribution in [0, 0.1) is 19.7 Å². The molecule has 2 N–H and O–H groups in total. The highest BCUT2D eigenvalue weighted by molar-refractivity contribution is 9.10. The van der Waals surface area contributed by atoms with Crippen molar-refractivity contribution in [2.24, 2.45) is 0 Å². The molecule has 0 spiro atoms. The van der Waals surface area contributed by atoms with E-state index in [1.54, 1.807) is 13.8 Å². The predicted molar refractivity (Wildman–Crippen MR) is 78.0 cm³/mol. The molecule has 9 heteroatoms. The van der Waals surface area contributed by atoms with Gasteiger partial charge in [0.1, 0.15) is 10.7 Å². The normalized spacial score (nSPS) is 11.7. The highest BCUT2D eigenvalue weighted by atomic mass is 79.9. The molecule has 1 aromatic heterocycles. The van der Waals surface area contributed by atoms with Crippen molar-refractivity contribution in [2.45, 2.75) is 18.7 Å². The monoisotopic (exact) mass is 381 g/mol. The van der Waals surface area contributed by atoms with Crippen molar-refractivity contribution >= 4 is 43.2 Å². The van der Waals surface area contributed by atoms with Gasteiger partial charge < -0.3 is 0 Å². The number of rotatable bonds is 3. The lowest BCUT2D eigenvalue weighted by Crippen LogP contribution is -2.15. The summed E-state index contributed by atoms with van der Waals surface area (Å²) < 4.78 is 40.3. The standard InChI is InChI=1S/C11H10BrClFN3O2S/c1-5-10(6(2)16-15-5)17-20(18,19)11-8(12)3-7(14)4-9(11)13/h3-4,17H,1-2H3,(H,15,16). The number of aromatic nitrogens is 2. The SMILES string of the molecule is Cc1n[nH]c(C)c1NS(=O)(=O)c1c(Cl)cc(F)cc1Br. The molecule has 5 nitrogen and oxygen atoms in total. The molecule has 0 bridgehead atoms. The second-order valence-electron chi connectivity index (χ2n) is 4.11. The summed E-state index contributed by atoms with van der Waals surface area (Å²) in [7, 11) is -3.96. The summed E-state index contributed by atoms with van der Waals surface area (Å²) in [6.07, 6.45) is 0. The van der Waals surface area contributed by atoms with Gasteiger partial charge in [-0.1, -0.05) is 11.6 Å². The van der Waals surface area contributed by atoms with E-state index in [4.69, 9.17) is 11.6 Å². The third-order valence-electron chi connectivity index (χ3n) is 2.60. The first kappa shape index (κ1) is 15.3. The smallest absolute Gasteiger partial charge is 0.264 e. The molecule has 2 aromatic rings.